The monoisotopic (exact) mass is 278 g/mol. The fourth-order valence-corrected chi connectivity index (χ4v) is 4.51. The molecule has 2 saturated carbocycles. The van der Waals surface area contributed by atoms with Gasteiger partial charge in [-0.3, -0.25) is 4.79 Å². The Kier molecular flexibility index (Phi) is 4.65. The molecule has 0 aromatic rings. The van der Waals surface area contributed by atoms with Crippen molar-refractivity contribution in [1.82, 2.24) is 10.2 Å². The van der Waals surface area contributed by atoms with Crippen LogP contribution in [0.15, 0.2) is 0 Å². The zero-order chi connectivity index (χ0) is 13.8. The van der Waals surface area contributed by atoms with Crippen LogP contribution in [-0.4, -0.2) is 36.5 Å². The summed E-state index contributed by atoms with van der Waals surface area (Å²) in [5.74, 6) is 0.336. The van der Waals surface area contributed by atoms with Gasteiger partial charge in [0.1, 0.15) is 0 Å². The van der Waals surface area contributed by atoms with Gasteiger partial charge in [-0.2, -0.15) is 0 Å². The van der Waals surface area contributed by atoms with Crippen LogP contribution in [0.5, 0.6) is 0 Å². The van der Waals surface area contributed by atoms with Gasteiger partial charge in [-0.15, -0.1) is 0 Å². The number of hydrogen-bond donors (Lipinski definition) is 1. The van der Waals surface area contributed by atoms with Crippen molar-refractivity contribution < 1.29 is 4.79 Å². The molecule has 1 spiro atoms. The molecule has 1 heterocycles. The summed E-state index contributed by atoms with van der Waals surface area (Å²) in [5, 5.41) is 3.46. The first-order chi connectivity index (χ1) is 9.77. The highest BCUT2D eigenvalue weighted by molar-refractivity contribution is 5.78. The van der Waals surface area contributed by atoms with Crippen molar-refractivity contribution >= 4 is 5.91 Å². The lowest BCUT2D eigenvalue weighted by Crippen LogP contribution is -2.47. The van der Waals surface area contributed by atoms with E-state index < -0.39 is 0 Å². The van der Waals surface area contributed by atoms with E-state index in [1.165, 1.54) is 70.6 Å². The second-order valence-electron chi connectivity index (χ2n) is 7.30. The van der Waals surface area contributed by atoms with Crippen LogP contribution in [-0.2, 0) is 4.79 Å². The smallest absolute Gasteiger partial charge is 0.236 e. The Morgan fingerprint density at radius 2 is 1.60 bits per heavy atom. The van der Waals surface area contributed by atoms with Crippen molar-refractivity contribution in [3.63, 3.8) is 0 Å². The van der Waals surface area contributed by atoms with Gasteiger partial charge in [-0.25, -0.2) is 0 Å². The molecule has 3 fully saturated rings. The largest absolute Gasteiger partial charge is 0.342 e. The molecule has 3 nitrogen and oxygen atoms in total. The van der Waals surface area contributed by atoms with Crippen LogP contribution in [0.4, 0.5) is 0 Å². The number of nitrogens with one attached hydrogen (secondary N) is 1. The van der Waals surface area contributed by atoms with Gasteiger partial charge in [0.05, 0.1) is 6.54 Å². The number of likely N-dealkylation sites (tertiary alicyclic amines) is 1. The first-order valence-corrected chi connectivity index (χ1v) is 8.79. The minimum absolute atomic E-state index is 0.336. The highest BCUT2D eigenvalue weighted by Gasteiger charge is 2.36. The van der Waals surface area contributed by atoms with Gasteiger partial charge in [-0.1, -0.05) is 32.1 Å². The summed E-state index contributed by atoms with van der Waals surface area (Å²) in [7, 11) is 0. The Labute approximate surface area is 123 Å². The molecule has 0 unspecified atom stereocenters. The van der Waals surface area contributed by atoms with E-state index >= 15 is 0 Å². The molecule has 20 heavy (non-hydrogen) atoms. The Morgan fingerprint density at radius 1 is 0.950 bits per heavy atom. The number of hydrogen-bond acceptors (Lipinski definition) is 2. The SMILES string of the molecule is O=C(CNC1CCCC1)N1CCC2(CCCCC2)CC1. The number of nitrogens with zero attached hydrogens (tertiary/aromatic N) is 1. The van der Waals surface area contributed by atoms with Crippen LogP contribution in [0.25, 0.3) is 0 Å². The number of piperidine rings is 1. The summed E-state index contributed by atoms with van der Waals surface area (Å²) in [6, 6.07) is 0.605. The molecule has 0 atom stereocenters. The van der Waals surface area contributed by atoms with E-state index in [1.807, 2.05) is 0 Å². The third-order valence-corrected chi connectivity index (χ3v) is 5.99. The lowest BCUT2D eigenvalue weighted by Gasteiger charge is -2.44. The molecule has 0 aromatic carbocycles. The van der Waals surface area contributed by atoms with Gasteiger partial charge in [0.15, 0.2) is 0 Å². The van der Waals surface area contributed by atoms with E-state index in [-0.39, 0.29) is 0 Å². The van der Waals surface area contributed by atoms with Gasteiger partial charge in [0, 0.05) is 19.1 Å². The Hall–Kier alpha value is -0.570. The summed E-state index contributed by atoms with van der Waals surface area (Å²) in [6.07, 6.45) is 14.8. The molecule has 1 N–H and O–H groups in total. The predicted molar refractivity (Wildman–Crippen MR) is 81.6 cm³/mol. The van der Waals surface area contributed by atoms with Gasteiger partial charge >= 0.3 is 0 Å². The summed E-state index contributed by atoms with van der Waals surface area (Å²) in [4.78, 5) is 14.4. The Morgan fingerprint density at radius 3 is 2.25 bits per heavy atom. The molecule has 3 aliphatic rings. The van der Waals surface area contributed by atoms with Crippen molar-refractivity contribution in [1.29, 1.82) is 0 Å². The Balaban J connectivity index is 1.41. The molecule has 2 aliphatic carbocycles. The van der Waals surface area contributed by atoms with E-state index in [0.717, 1.165) is 13.1 Å². The fourth-order valence-electron chi connectivity index (χ4n) is 4.51. The molecule has 0 radical (unpaired) electrons. The Bertz CT molecular complexity index is 320. The molecule has 3 rings (SSSR count). The van der Waals surface area contributed by atoms with Gasteiger partial charge in [0.25, 0.3) is 0 Å². The average Bonchev–Trinajstić information content (AvgIpc) is 3.00. The predicted octanol–water partition coefficient (Wildman–Crippen LogP) is 3.09. The number of carbonyl (C=O) groups is 1. The quantitative estimate of drug-likeness (QED) is 0.860. The van der Waals surface area contributed by atoms with E-state index in [0.29, 0.717) is 23.9 Å². The van der Waals surface area contributed by atoms with Crippen LogP contribution in [0, 0.1) is 5.41 Å². The summed E-state index contributed by atoms with van der Waals surface area (Å²) >= 11 is 0. The zero-order valence-corrected chi connectivity index (χ0v) is 12.8. The van der Waals surface area contributed by atoms with Crippen LogP contribution < -0.4 is 5.32 Å². The molecule has 0 bridgehead atoms. The van der Waals surface area contributed by atoms with Crippen molar-refractivity contribution in [2.75, 3.05) is 19.6 Å². The molecular formula is C17H30N2O. The topological polar surface area (TPSA) is 32.3 Å². The highest BCUT2D eigenvalue weighted by Crippen LogP contribution is 2.44. The van der Waals surface area contributed by atoms with E-state index in [4.69, 9.17) is 0 Å². The van der Waals surface area contributed by atoms with Crippen molar-refractivity contribution in [3.8, 4) is 0 Å². The molecular weight excluding hydrogens is 248 g/mol. The second kappa shape index (κ2) is 6.46. The first kappa shape index (κ1) is 14.4. The maximum Gasteiger partial charge on any atom is 0.236 e. The molecule has 1 saturated heterocycles. The number of rotatable bonds is 3. The van der Waals surface area contributed by atoms with E-state index in [1.54, 1.807) is 0 Å². The first-order valence-electron chi connectivity index (χ1n) is 8.79. The van der Waals surface area contributed by atoms with Crippen molar-refractivity contribution in [2.24, 2.45) is 5.41 Å². The average molecular weight is 278 g/mol. The van der Waals surface area contributed by atoms with Crippen LogP contribution in [0.2, 0.25) is 0 Å². The molecule has 3 heteroatoms. The third-order valence-electron chi connectivity index (χ3n) is 5.99. The van der Waals surface area contributed by atoms with E-state index in [2.05, 4.69) is 10.2 Å². The maximum atomic E-state index is 12.3. The van der Waals surface area contributed by atoms with Gasteiger partial charge in [0.2, 0.25) is 5.91 Å². The molecule has 114 valence electrons. The zero-order valence-electron chi connectivity index (χ0n) is 12.8. The number of amides is 1. The summed E-state index contributed by atoms with van der Waals surface area (Å²) in [5.41, 5.74) is 0.605. The lowest BCUT2D eigenvalue weighted by atomic mass is 9.68. The lowest BCUT2D eigenvalue weighted by molar-refractivity contribution is -0.133. The normalized spacial score (nSPS) is 27.1. The number of carbonyl (C=O) groups excluding carboxylic acids is 1. The van der Waals surface area contributed by atoms with Crippen LogP contribution >= 0.6 is 0 Å². The van der Waals surface area contributed by atoms with Crippen molar-refractivity contribution in [2.45, 2.75) is 76.7 Å². The summed E-state index contributed by atoms with van der Waals surface area (Å²) < 4.78 is 0. The van der Waals surface area contributed by atoms with Crippen LogP contribution in [0.3, 0.4) is 0 Å². The van der Waals surface area contributed by atoms with Crippen molar-refractivity contribution in [3.05, 3.63) is 0 Å². The minimum atomic E-state index is 0.336. The minimum Gasteiger partial charge on any atom is -0.342 e. The summed E-state index contributed by atoms with van der Waals surface area (Å²) in [6.45, 7) is 2.58. The standard InChI is InChI=1S/C17H30N2O/c20-16(14-18-15-6-2-3-7-15)19-12-10-17(11-13-19)8-4-1-5-9-17/h15,18H,1-14H2. The molecule has 1 amide bonds. The fraction of sp³-hybridized carbons (Fsp3) is 0.941. The van der Waals surface area contributed by atoms with Crippen LogP contribution in [0.1, 0.15) is 70.6 Å². The molecule has 0 aromatic heterocycles. The second-order valence-corrected chi connectivity index (χ2v) is 7.30. The van der Waals surface area contributed by atoms with Gasteiger partial charge in [-0.05, 0) is 43.9 Å². The molecule has 1 aliphatic heterocycles. The van der Waals surface area contributed by atoms with Gasteiger partial charge < -0.3 is 10.2 Å². The van der Waals surface area contributed by atoms with E-state index in [9.17, 15) is 4.79 Å². The third kappa shape index (κ3) is 3.36. The maximum absolute atomic E-state index is 12.3. The highest BCUT2D eigenvalue weighted by atomic mass is 16.2.